The third kappa shape index (κ3) is 4.91. The molecule has 0 unspecified atom stereocenters. The van der Waals surface area contributed by atoms with Crippen molar-refractivity contribution < 1.29 is 31.9 Å². The molecule has 0 aliphatic heterocycles. The molecule has 0 aromatic rings. The summed E-state index contributed by atoms with van der Waals surface area (Å²) in [5.74, 6) is 0.776. The van der Waals surface area contributed by atoms with Crippen LogP contribution in [0.25, 0.3) is 0 Å². The Morgan fingerprint density at radius 3 is 2.64 bits per heavy atom. The SMILES string of the molecule is CC(C)(C)OO[C@@H]1CCC[C@H]1[CH2][Hg][Br]. The molecule has 2 atom stereocenters. The van der Waals surface area contributed by atoms with Crippen molar-refractivity contribution in [2.75, 3.05) is 0 Å². The fourth-order valence-corrected chi connectivity index (χ4v) is 10.6. The first-order valence-corrected chi connectivity index (χ1v) is 21.2. The van der Waals surface area contributed by atoms with Crippen molar-refractivity contribution >= 4 is 11.9 Å². The van der Waals surface area contributed by atoms with E-state index in [0.29, 0.717) is 6.10 Å². The van der Waals surface area contributed by atoms with Crippen molar-refractivity contribution in [3.63, 3.8) is 0 Å². The van der Waals surface area contributed by atoms with E-state index in [1.165, 1.54) is 23.2 Å². The predicted octanol–water partition coefficient (Wildman–Crippen LogP) is 3.71. The van der Waals surface area contributed by atoms with Crippen LogP contribution in [-0.2, 0) is 31.9 Å². The van der Waals surface area contributed by atoms with Crippen molar-refractivity contribution in [3.05, 3.63) is 0 Å². The van der Waals surface area contributed by atoms with Gasteiger partial charge in [0.1, 0.15) is 0 Å². The summed E-state index contributed by atoms with van der Waals surface area (Å²) in [6.07, 6.45) is 4.20. The molecule has 0 bridgehead atoms. The van der Waals surface area contributed by atoms with E-state index in [9.17, 15) is 0 Å². The van der Waals surface area contributed by atoms with Gasteiger partial charge in [-0.15, -0.1) is 0 Å². The van der Waals surface area contributed by atoms with E-state index in [1.54, 1.807) is 0 Å². The first-order chi connectivity index (χ1) is 6.53. The summed E-state index contributed by atoms with van der Waals surface area (Å²) in [7, 11) is 0. The number of hydrogen-bond donors (Lipinski definition) is 0. The van der Waals surface area contributed by atoms with Gasteiger partial charge in [-0.25, -0.2) is 0 Å². The second kappa shape index (κ2) is 6.16. The number of hydrogen-bond acceptors (Lipinski definition) is 2. The zero-order chi connectivity index (χ0) is 10.6. The maximum absolute atomic E-state index is 5.55. The molecule has 0 aromatic carbocycles. The van der Waals surface area contributed by atoms with Gasteiger partial charge >= 0.3 is 105 Å². The predicted molar refractivity (Wildman–Crippen MR) is 56.8 cm³/mol. The van der Waals surface area contributed by atoms with E-state index in [4.69, 9.17) is 9.78 Å². The Kier molecular flexibility index (Phi) is 5.90. The zero-order valence-electron chi connectivity index (χ0n) is 9.38. The molecule has 0 radical (unpaired) electrons. The monoisotopic (exact) mass is 452 g/mol. The molecule has 1 saturated carbocycles. The first kappa shape index (κ1) is 13.4. The van der Waals surface area contributed by atoms with Crippen LogP contribution >= 0.6 is 11.9 Å². The zero-order valence-corrected chi connectivity index (χ0v) is 16.5. The van der Waals surface area contributed by atoms with Crippen molar-refractivity contribution in [3.8, 4) is 0 Å². The standard InChI is InChI=1S/C10H19O2.BrH.Hg/c1-8-6-5-7-9(8)11-12-10(2,3)4;;/h8-9H,1,5-7H2,2-4H3;1H;/q;;+1/p-1/t8-,9-;;/m1../s1. The van der Waals surface area contributed by atoms with Gasteiger partial charge in [0.2, 0.25) is 0 Å². The quantitative estimate of drug-likeness (QED) is 0.369. The van der Waals surface area contributed by atoms with E-state index >= 15 is 0 Å². The Hall–Kier alpha value is 1.34. The van der Waals surface area contributed by atoms with Gasteiger partial charge in [0.15, 0.2) is 0 Å². The Morgan fingerprint density at radius 1 is 1.36 bits per heavy atom. The van der Waals surface area contributed by atoms with E-state index < -0.39 is 22.1 Å². The molecule has 0 spiro atoms. The van der Waals surface area contributed by atoms with Crippen LogP contribution < -0.4 is 0 Å². The summed E-state index contributed by atoms with van der Waals surface area (Å²) in [5, 5.41) is 0. The van der Waals surface area contributed by atoms with Gasteiger partial charge in [0.05, 0.1) is 0 Å². The molecule has 80 valence electrons. The van der Waals surface area contributed by atoms with Crippen LogP contribution in [0.1, 0.15) is 40.0 Å². The molecule has 0 aromatic heterocycles. The van der Waals surface area contributed by atoms with E-state index in [0.717, 1.165) is 5.92 Å². The summed E-state index contributed by atoms with van der Waals surface area (Å²) in [6.45, 7) is 6.09. The average Bonchev–Trinajstić information content (AvgIpc) is 2.48. The molecule has 1 aliphatic rings. The van der Waals surface area contributed by atoms with Gasteiger partial charge < -0.3 is 0 Å². The van der Waals surface area contributed by atoms with Crippen LogP contribution in [0.4, 0.5) is 0 Å². The van der Waals surface area contributed by atoms with Gasteiger partial charge in [-0.2, -0.15) is 0 Å². The Bertz CT molecular complexity index is 170. The molecular formula is C10H19BrHgO2. The Labute approximate surface area is 105 Å². The van der Waals surface area contributed by atoms with E-state index in [-0.39, 0.29) is 5.60 Å². The van der Waals surface area contributed by atoms with Crippen LogP contribution in [0, 0.1) is 5.92 Å². The first-order valence-electron chi connectivity index (χ1n) is 5.43. The van der Waals surface area contributed by atoms with Gasteiger partial charge in [-0.05, 0) is 0 Å². The molecular weight excluding hydrogens is 433 g/mol. The van der Waals surface area contributed by atoms with E-state index in [2.05, 4.69) is 11.9 Å². The van der Waals surface area contributed by atoms with Crippen molar-refractivity contribution in [1.82, 2.24) is 0 Å². The van der Waals surface area contributed by atoms with Gasteiger partial charge in [0, 0.05) is 0 Å². The summed E-state index contributed by atoms with van der Waals surface area (Å²) in [4.78, 5) is 10.9. The molecule has 0 heterocycles. The van der Waals surface area contributed by atoms with Crippen molar-refractivity contribution in [2.24, 2.45) is 5.92 Å². The van der Waals surface area contributed by atoms with Gasteiger partial charge in [-0.3, -0.25) is 0 Å². The second-order valence-electron chi connectivity index (χ2n) is 5.00. The summed E-state index contributed by atoms with van der Waals surface area (Å²) in [6, 6.07) is 0. The fourth-order valence-electron chi connectivity index (χ4n) is 1.81. The minimum atomic E-state index is -0.672. The summed E-state index contributed by atoms with van der Waals surface area (Å²) in [5.41, 5.74) is -0.175. The third-order valence-electron chi connectivity index (χ3n) is 2.49. The fraction of sp³-hybridized carbons (Fsp3) is 1.00. The van der Waals surface area contributed by atoms with Crippen LogP contribution in [-0.4, -0.2) is 11.7 Å². The van der Waals surface area contributed by atoms with E-state index in [1.807, 2.05) is 20.8 Å². The summed E-state index contributed by atoms with van der Waals surface area (Å²) < 4.78 is 1.41. The van der Waals surface area contributed by atoms with Crippen molar-refractivity contribution in [1.29, 1.82) is 0 Å². The average molecular weight is 452 g/mol. The molecule has 1 aliphatic carbocycles. The number of rotatable bonds is 4. The Balaban J connectivity index is 2.29. The topological polar surface area (TPSA) is 18.5 Å². The molecule has 2 nitrogen and oxygen atoms in total. The van der Waals surface area contributed by atoms with Gasteiger partial charge in [-0.1, -0.05) is 0 Å². The number of halogens is 1. The normalized spacial score (nSPS) is 27.7. The Morgan fingerprint density at radius 2 is 2.07 bits per heavy atom. The van der Waals surface area contributed by atoms with Crippen LogP contribution in [0.15, 0.2) is 0 Å². The van der Waals surface area contributed by atoms with Gasteiger partial charge in [0.25, 0.3) is 0 Å². The molecule has 0 amide bonds. The summed E-state index contributed by atoms with van der Waals surface area (Å²) >= 11 is 3.03. The maximum atomic E-state index is 5.55. The van der Waals surface area contributed by atoms with Crippen LogP contribution in [0.5, 0.6) is 0 Å². The third-order valence-corrected chi connectivity index (χ3v) is 10.2. The molecule has 14 heavy (non-hydrogen) atoms. The second-order valence-corrected chi connectivity index (χ2v) is 15.7. The molecule has 0 N–H and O–H groups in total. The molecule has 4 heteroatoms. The van der Waals surface area contributed by atoms with Crippen LogP contribution in [0.2, 0.25) is 3.93 Å². The van der Waals surface area contributed by atoms with Crippen LogP contribution in [0.3, 0.4) is 0 Å². The molecule has 1 fully saturated rings. The van der Waals surface area contributed by atoms with Crippen molar-refractivity contribution in [2.45, 2.75) is 55.7 Å². The minimum absolute atomic E-state index is 0.175. The molecule has 0 saturated heterocycles. The molecule has 1 rings (SSSR count).